The first-order valence-electron chi connectivity index (χ1n) is 5.68. The molecular weight excluding hydrogens is 208 g/mol. The van der Waals surface area contributed by atoms with E-state index in [0.29, 0.717) is 6.42 Å². The van der Waals surface area contributed by atoms with Gasteiger partial charge in [0, 0.05) is 18.7 Å². The van der Waals surface area contributed by atoms with Crippen molar-refractivity contribution in [1.82, 2.24) is 0 Å². The van der Waals surface area contributed by atoms with Crippen molar-refractivity contribution in [3.8, 4) is 0 Å². The summed E-state index contributed by atoms with van der Waals surface area (Å²) < 4.78 is 26.7. The number of anilines is 1. The number of aryl methyl sites for hydroxylation is 2. The van der Waals surface area contributed by atoms with E-state index in [-0.39, 0.29) is 13.0 Å². The van der Waals surface area contributed by atoms with Crippen LogP contribution in [-0.4, -0.2) is 19.0 Å². The van der Waals surface area contributed by atoms with E-state index < -0.39 is 5.92 Å². The molecule has 2 rings (SSSR count). The fourth-order valence-corrected chi connectivity index (χ4v) is 2.23. The zero-order chi connectivity index (χ0) is 11.8. The molecule has 0 amide bonds. The highest BCUT2D eigenvalue weighted by Gasteiger charge is 2.35. The van der Waals surface area contributed by atoms with Crippen molar-refractivity contribution in [3.63, 3.8) is 0 Å². The molecule has 1 aromatic carbocycles. The molecule has 0 atom stereocenters. The van der Waals surface area contributed by atoms with E-state index >= 15 is 0 Å². The molecule has 0 unspecified atom stereocenters. The summed E-state index contributed by atoms with van der Waals surface area (Å²) in [6.07, 6.45) is 0.592. The van der Waals surface area contributed by atoms with Gasteiger partial charge in [-0.3, -0.25) is 0 Å². The Morgan fingerprint density at radius 3 is 2.69 bits per heavy atom. The second-order valence-corrected chi connectivity index (χ2v) is 4.67. The molecule has 0 bridgehead atoms. The summed E-state index contributed by atoms with van der Waals surface area (Å²) in [5.41, 5.74) is 3.15. The minimum atomic E-state index is -2.53. The van der Waals surface area contributed by atoms with E-state index in [1.165, 1.54) is 0 Å². The standard InChI is InChI=1S/C13H17F2N/c1-10-4-5-11(2)12(8-10)16-7-3-6-13(14,15)9-16/h4-5,8H,3,6-7,9H2,1-2H3. The lowest BCUT2D eigenvalue weighted by Crippen LogP contribution is -2.42. The number of benzene rings is 1. The maximum atomic E-state index is 13.3. The van der Waals surface area contributed by atoms with E-state index in [2.05, 4.69) is 0 Å². The SMILES string of the molecule is Cc1ccc(C)c(N2CCCC(F)(F)C2)c1. The van der Waals surface area contributed by atoms with Crippen LogP contribution < -0.4 is 4.90 Å². The molecule has 0 N–H and O–H groups in total. The largest absolute Gasteiger partial charge is 0.365 e. The average molecular weight is 225 g/mol. The molecule has 0 aliphatic carbocycles. The van der Waals surface area contributed by atoms with Crippen LogP contribution in [0.2, 0.25) is 0 Å². The normalized spacial score (nSPS) is 19.9. The van der Waals surface area contributed by atoms with E-state index in [0.717, 1.165) is 23.4 Å². The van der Waals surface area contributed by atoms with Crippen LogP contribution in [0, 0.1) is 13.8 Å². The minimum Gasteiger partial charge on any atom is -0.365 e. The van der Waals surface area contributed by atoms with Crippen LogP contribution in [0.5, 0.6) is 0 Å². The van der Waals surface area contributed by atoms with E-state index in [9.17, 15) is 8.78 Å². The van der Waals surface area contributed by atoms with Gasteiger partial charge in [0.15, 0.2) is 0 Å². The lowest BCUT2D eigenvalue weighted by Gasteiger charge is -2.35. The van der Waals surface area contributed by atoms with Gasteiger partial charge >= 0.3 is 0 Å². The third-order valence-corrected chi connectivity index (χ3v) is 3.10. The second-order valence-electron chi connectivity index (χ2n) is 4.67. The van der Waals surface area contributed by atoms with Crippen molar-refractivity contribution in [1.29, 1.82) is 0 Å². The summed E-state index contributed by atoms with van der Waals surface area (Å²) in [4.78, 5) is 1.81. The first-order chi connectivity index (χ1) is 7.48. The lowest BCUT2D eigenvalue weighted by molar-refractivity contribution is -0.0116. The highest BCUT2D eigenvalue weighted by molar-refractivity contribution is 5.55. The van der Waals surface area contributed by atoms with Crippen LogP contribution >= 0.6 is 0 Å². The summed E-state index contributed by atoms with van der Waals surface area (Å²) in [6.45, 7) is 4.56. The Morgan fingerprint density at radius 1 is 1.25 bits per heavy atom. The predicted octanol–water partition coefficient (Wildman–Crippen LogP) is 3.54. The Kier molecular flexibility index (Phi) is 2.87. The van der Waals surface area contributed by atoms with Crippen LogP contribution in [0.25, 0.3) is 0 Å². The predicted molar refractivity (Wildman–Crippen MR) is 62.3 cm³/mol. The van der Waals surface area contributed by atoms with E-state index in [1.54, 1.807) is 0 Å². The number of alkyl halides is 2. The average Bonchev–Trinajstić information content (AvgIpc) is 2.20. The highest BCUT2D eigenvalue weighted by atomic mass is 19.3. The van der Waals surface area contributed by atoms with Gasteiger partial charge in [0.1, 0.15) is 0 Å². The number of hydrogen-bond acceptors (Lipinski definition) is 1. The second kappa shape index (κ2) is 4.04. The van der Waals surface area contributed by atoms with Gasteiger partial charge in [0.2, 0.25) is 0 Å². The number of halogens is 2. The van der Waals surface area contributed by atoms with Crippen molar-refractivity contribution in [2.45, 2.75) is 32.6 Å². The van der Waals surface area contributed by atoms with Crippen LogP contribution in [0.4, 0.5) is 14.5 Å². The van der Waals surface area contributed by atoms with Crippen LogP contribution in [-0.2, 0) is 0 Å². The first-order valence-corrected chi connectivity index (χ1v) is 5.68. The Bertz CT molecular complexity index is 388. The fourth-order valence-electron chi connectivity index (χ4n) is 2.23. The molecular formula is C13H17F2N. The molecule has 1 aliphatic rings. The van der Waals surface area contributed by atoms with Crippen molar-refractivity contribution in [2.75, 3.05) is 18.0 Å². The van der Waals surface area contributed by atoms with Crippen molar-refractivity contribution < 1.29 is 8.78 Å². The fraction of sp³-hybridized carbons (Fsp3) is 0.538. The van der Waals surface area contributed by atoms with Gasteiger partial charge in [0.25, 0.3) is 5.92 Å². The van der Waals surface area contributed by atoms with Gasteiger partial charge in [-0.15, -0.1) is 0 Å². The van der Waals surface area contributed by atoms with Gasteiger partial charge in [-0.25, -0.2) is 8.78 Å². The van der Waals surface area contributed by atoms with Crippen molar-refractivity contribution >= 4 is 5.69 Å². The maximum Gasteiger partial charge on any atom is 0.265 e. The van der Waals surface area contributed by atoms with Crippen LogP contribution in [0.3, 0.4) is 0 Å². The Labute approximate surface area is 95.1 Å². The molecule has 1 fully saturated rings. The zero-order valence-corrected chi connectivity index (χ0v) is 9.76. The zero-order valence-electron chi connectivity index (χ0n) is 9.76. The van der Waals surface area contributed by atoms with Crippen LogP contribution in [0.1, 0.15) is 24.0 Å². The summed E-state index contributed by atoms with van der Waals surface area (Å²) in [7, 11) is 0. The van der Waals surface area contributed by atoms with Gasteiger partial charge in [-0.05, 0) is 37.5 Å². The molecule has 88 valence electrons. The summed E-state index contributed by atoms with van der Waals surface area (Å²) in [6, 6.07) is 6.01. The molecule has 0 aromatic heterocycles. The minimum absolute atomic E-state index is 0.0222. The first kappa shape index (κ1) is 11.4. The van der Waals surface area contributed by atoms with Gasteiger partial charge in [0.05, 0.1) is 6.54 Å². The molecule has 16 heavy (non-hydrogen) atoms. The molecule has 1 aliphatic heterocycles. The third kappa shape index (κ3) is 2.34. The lowest BCUT2D eigenvalue weighted by atomic mass is 10.0. The van der Waals surface area contributed by atoms with E-state index in [1.807, 2.05) is 36.9 Å². The summed E-state index contributed by atoms with van der Waals surface area (Å²) >= 11 is 0. The van der Waals surface area contributed by atoms with E-state index in [4.69, 9.17) is 0 Å². The molecule has 1 heterocycles. The summed E-state index contributed by atoms with van der Waals surface area (Å²) in [5.74, 6) is -2.53. The molecule has 0 saturated carbocycles. The Morgan fingerprint density at radius 2 is 2.00 bits per heavy atom. The molecule has 1 saturated heterocycles. The molecule has 3 heteroatoms. The molecule has 0 spiro atoms. The number of nitrogens with zero attached hydrogens (tertiary/aromatic N) is 1. The van der Waals surface area contributed by atoms with Crippen LogP contribution in [0.15, 0.2) is 18.2 Å². The number of piperidine rings is 1. The van der Waals surface area contributed by atoms with Gasteiger partial charge in [-0.2, -0.15) is 0 Å². The topological polar surface area (TPSA) is 3.24 Å². The van der Waals surface area contributed by atoms with Gasteiger partial charge < -0.3 is 4.90 Å². The molecule has 0 radical (unpaired) electrons. The highest BCUT2D eigenvalue weighted by Crippen LogP contribution is 2.31. The quantitative estimate of drug-likeness (QED) is 0.706. The Balaban J connectivity index is 2.26. The maximum absolute atomic E-state index is 13.3. The third-order valence-electron chi connectivity index (χ3n) is 3.10. The monoisotopic (exact) mass is 225 g/mol. The van der Waals surface area contributed by atoms with Crippen molar-refractivity contribution in [3.05, 3.63) is 29.3 Å². The molecule has 1 nitrogen and oxygen atoms in total. The number of hydrogen-bond donors (Lipinski definition) is 0. The number of rotatable bonds is 1. The van der Waals surface area contributed by atoms with Gasteiger partial charge in [-0.1, -0.05) is 12.1 Å². The Hall–Kier alpha value is -1.12. The molecule has 1 aromatic rings. The summed E-state index contributed by atoms with van der Waals surface area (Å²) in [5, 5.41) is 0. The smallest absolute Gasteiger partial charge is 0.265 e. The van der Waals surface area contributed by atoms with Crippen molar-refractivity contribution in [2.24, 2.45) is 0 Å².